The molecule has 3 nitrogen and oxygen atoms in total. The first-order chi connectivity index (χ1) is 16.7. The predicted molar refractivity (Wildman–Crippen MR) is 151 cm³/mol. The van der Waals surface area contributed by atoms with Crippen LogP contribution in [0, 0.1) is 0 Å². The third-order valence-corrected chi connectivity index (χ3v) is 6.52. The summed E-state index contributed by atoms with van der Waals surface area (Å²) in [6.07, 6.45) is 25.6. The molecular formula is C32H49NO2. The van der Waals surface area contributed by atoms with Gasteiger partial charge in [0.1, 0.15) is 5.78 Å². The fraction of sp³-hybridized carbons (Fsp3) is 0.562. The van der Waals surface area contributed by atoms with Crippen molar-refractivity contribution < 1.29 is 9.59 Å². The van der Waals surface area contributed by atoms with Gasteiger partial charge in [0.05, 0.1) is 0 Å². The first-order valence-electron chi connectivity index (χ1n) is 13.4. The molecule has 0 fully saturated rings. The van der Waals surface area contributed by atoms with Gasteiger partial charge in [-0.15, -0.1) is 0 Å². The molecule has 0 unspecified atom stereocenters. The van der Waals surface area contributed by atoms with E-state index in [4.69, 9.17) is 0 Å². The summed E-state index contributed by atoms with van der Waals surface area (Å²) in [6.45, 7) is 13.9. The van der Waals surface area contributed by atoms with Crippen LogP contribution in [-0.2, 0) is 9.59 Å². The summed E-state index contributed by atoms with van der Waals surface area (Å²) >= 11 is 0. The molecule has 0 aromatic rings. The number of rotatable bonds is 16. The quantitative estimate of drug-likeness (QED) is 0.164. The van der Waals surface area contributed by atoms with E-state index in [1.165, 1.54) is 22.3 Å². The first kappa shape index (κ1) is 30.6. The van der Waals surface area contributed by atoms with E-state index in [2.05, 4.69) is 70.2 Å². The standard InChI is InChI=1S/C32H49NO2/c1-26(14-9-15-27(2)17-11-19-29(4)21-13-23-31(6)34)16-10-18-28(3)20-12-22-30(5)32(35)33-24-7-8-25-33/h7-8,14,17-18,21-22H,9-13,15-16,19-20,23-25H2,1-6H3. The molecule has 0 spiro atoms. The van der Waals surface area contributed by atoms with Crippen LogP contribution < -0.4 is 0 Å². The van der Waals surface area contributed by atoms with E-state index in [1.54, 1.807) is 6.92 Å². The summed E-state index contributed by atoms with van der Waals surface area (Å²) in [5.41, 5.74) is 6.58. The fourth-order valence-electron chi connectivity index (χ4n) is 4.07. The second-order valence-electron chi connectivity index (χ2n) is 10.2. The molecule has 194 valence electrons. The van der Waals surface area contributed by atoms with Crippen LogP contribution in [0.5, 0.6) is 0 Å². The molecular weight excluding hydrogens is 430 g/mol. The number of hydrogen-bond donors (Lipinski definition) is 0. The van der Waals surface area contributed by atoms with Crippen LogP contribution in [0.15, 0.2) is 70.4 Å². The summed E-state index contributed by atoms with van der Waals surface area (Å²) in [4.78, 5) is 25.2. The van der Waals surface area contributed by atoms with Gasteiger partial charge in [0.2, 0.25) is 5.91 Å². The summed E-state index contributed by atoms with van der Waals surface area (Å²) < 4.78 is 0. The topological polar surface area (TPSA) is 37.4 Å². The molecule has 0 saturated carbocycles. The Kier molecular flexibility index (Phi) is 15.7. The molecule has 0 atom stereocenters. The lowest BCUT2D eigenvalue weighted by Crippen LogP contribution is -2.28. The molecule has 0 radical (unpaired) electrons. The smallest absolute Gasteiger partial charge is 0.249 e. The van der Waals surface area contributed by atoms with E-state index in [-0.39, 0.29) is 11.7 Å². The van der Waals surface area contributed by atoms with Crippen LogP contribution in [0.25, 0.3) is 0 Å². The predicted octanol–water partition coefficient (Wildman–Crippen LogP) is 8.61. The monoisotopic (exact) mass is 479 g/mol. The molecule has 0 saturated heterocycles. The van der Waals surface area contributed by atoms with Crippen molar-refractivity contribution in [3.63, 3.8) is 0 Å². The lowest BCUT2D eigenvalue weighted by Gasteiger charge is -2.15. The van der Waals surface area contributed by atoms with Gasteiger partial charge >= 0.3 is 0 Å². The molecule has 35 heavy (non-hydrogen) atoms. The number of hydrogen-bond acceptors (Lipinski definition) is 2. The highest BCUT2D eigenvalue weighted by atomic mass is 16.2. The Morgan fingerprint density at radius 3 is 1.29 bits per heavy atom. The van der Waals surface area contributed by atoms with Crippen LogP contribution in [0.2, 0.25) is 0 Å². The molecule has 1 aliphatic heterocycles. The van der Waals surface area contributed by atoms with Crippen molar-refractivity contribution >= 4 is 11.7 Å². The van der Waals surface area contributed by atoms with Crippen molar-refractivity contribution in [2.24, 2.45) is 0 Å². The largest absolute Gasteiger partial charge is 0.332 e. The molecule has 1 rings (SSSR count). The van der Waals surface area contributed by atoms with Crippen molar-refractivity contribution in [1.29, 1.82) is 0 Å². The summed E-state index contributed by atoms with van der Waals surface area (Å²) in [6, 6.07) is 0. The minimum atomic E-state index is 0.163. The Morgan fingerprint density at radius 2 is 0.914 bits per heavy atom. The minimum Gasteiger partial charge on any atom is -0.332 e. The molecule has 0 aliphatic carbocycles. The van der Waals surface area contributed by atoms with Gasteiger partial charge in [0.15, 0.2) is 0 Å². The van der Waals surface area contributed by atoms with E-state index >= 15 is 0 Å². The van der Waals surface area contributed by atoms with E-state index in [0.717, 1.165) is 76.5 Å². The summed E-state index contributed by atoms with van der Waals surface area (Å²) in [7, 11) is 0. The zero-order valence-corrected chi connectivity index (χ0v) is 23.3. The number of nitrogens with zero attached hydrogens (tertiary/aromatic N) is 1. The van der Waals surface area contributed by atoms with E-state index in [9.17, 15) is 9.59 Å². The van der Waals surface area contributed by atoms with E-state index < -0.39 is 0 Å². The zero-order chi connectivity index (χ0) is 26.1. The fourth-order valence-corrected chi connectivity index (χ4v) is 4.07. The highest BCUT2D eigenvalue weighted by Crippen LogP contribution is 2.15. The van der Waals surface area contributed by atoms with E-state index in [1.807, 2.05) is 11.8 Å². The van der Waals surface area contributed by atoms with Crippen LogP contribution in [0.3, 0.4) is 0 Å². The van der Waals surface area contributed by atoms with Crippen LogP contribution in [0.1, 0.15) is 106 Å². The highest BCUT2D eigenvalue weighted by molar-refractivity contribution is 5.93. The zero-order valence-electron chi connectivity index (χ0n) is 23.3. The maximum absolute atomic E-state index is 12.3. The number of carbonyl (C=O) groups is 2. The Morgan fingerprint density at radius 1 is 0.571 bits per heavy atom. The number of Topliss-reactive ketones (excluding diaryl/α,β-unsaturated/α-hetero) is 1. The average molecular weight is 480 g/mol. The molecule has 0 aromatic carbocycles. The minimum absolute atomic E-state index is 0.163. The van der Waals surface area contributed by atoms with Crippen molar-refractivity contribution in [2.45, 2.75) is 106 Å². The average Bonchev–Trinajstić information content (AvgIpc) is 3.33. The molecule has 1 aliphatic rings. The van der Waals surface area contributed by atoms with E-state index in [0.29, 0.717) is 6.42 Å². The molecule has 0 bridgehead atoms. The number of ketones is 1. The molecule has 0 aromatic heterocycles. The molecule has 0 N–H and O–H groups in total. The normalized spacial score (nSPS) is 15.8. The van der Waals surface area contributed by atoms with Gasteiger partial charge in [0.25, 0.3) is 0 Å². The van der Waals surface area contributed by atoms with Crippen LogP contribution >= 0.6 is 0 Å². The van der Waals surface area contributed by atoms with Gasteiger partial charge in [-0.1, -0.05) is 64.8 Å². The number of allylic oxidation sites excluding steroid dienone is 9. The Bertz CT molecular complexity index is 856. The van der Waals surface area contributed by atoms with Gasteiger partial charge in [0, 0.05) is 25.1 Å². The van der Waals surface area contributed by atoms with Gasteiger partial charge in [-0.2, -0.15) is 0 Å². The van der Waals surface area contributed by atoms with Gasteiger partial charge in [-0.25, -0.2) is 0 Å². The number of carbonyl (C=O) groups excluding carboxylic acids is 2. The second-order valence-corrected chi connectivity index (χ2v) is 10.2. The maximum Gasteiger partial charge on any atom is 0.249 e. The lowest BCUT2D eigenvalue weighted by atomic mass is 10.0. The Balaban J connectivity index is 2.23. The first-order valence-corrected chi connectivity index (χ1v) is 13.4. The lowest BCUT2D eigenvalue weighted by molar-refractivity contribution is -0.125. The molecule has 1 heterocycles. The Hall–Kier alpha value is -2.42. The van der Waals surface area contributed by atoms with Crippen LogP contribution in [0.4, 0.5) is 0 Å². The highest BCUT2D eigenvalue weighted by Gasteiger charge is 2.15. The van der Waals surface area contributed by atoms with Crippen molar-refractivity contribution in [1.82, 2.24) is 4.90 Å². The van der Waals surface area contributed by atoms with Crippen LogP contribution in [-0.4, -0.2) is 29.7 Å². The van der Waals surface area contributed by atoms with Crippen molar-refractivity contribution in [2.75, 3.05) is 13.1 Å². The maximum atomic E-state index is 12.3. The number of amides is 1. The van der Waals surface area contributed by atoms with Crippen molar-refractivity contribution in [3.8, 4) is 0 Å². The molecule has 1 amide bonds. The molecule has 3 heteroatoms. The van der Waals surface area contributed by atoms with Gasteiger partial charge < -0.3 is 9.69 Å². The third-order valence-electron chi connectivity index (χ3n) is 6.52. The summed E-state index contributed by atoms with van der Waals surface area (Å²) in [5.74, 6) is 0.429. The SMILES string of the molecule is CC(=O)CCC=C(C)CCC=C(C)CCC=C(C)CCC=C(C)CCC=C(C)C(=O)N1CC=CC1. The second kappa shape index (κ2) is 17.9. The van der Waals surface area contributed by atoms with Crippen molar-refractivity contribution in [3.05, 3.63) is 70.4 Å². The Labute approximate surface area is 215 Å². The summed E-state index contributed by atoms with van der Waals surface area (Å²) in [5, 5.41) is 0. The van der Waals surface area contributed by atoms with Gasteiger partial charge in [-0.3, -0.25) is 4.79 Å². The van der Waals surface area contributed by atoms with Gasteiger partial charge in [-0.05, 0) is 99.3 Å². The third kappa shape index (κ3) is 15.2.